The van der Waals surface area contributed by atoms with Crippen molar-refractivity contribution in [2.75, 3.05) is 0 Å². The summed E-state index contributed by atoms with van der Waals surface area (Å²) in [6.07, 6.45) is 6.68. The molecule has 2 N–H and O–H groups in total. The third kappa shape index (κ3) is 3.98. The van der Waals surface area contributed by atoms with Crippen LogP contribution < -0.4 is 5.73 Å². The van der Waals surface area contributed by atoms with Gasteiger partial charge in [-0.2, -0.15) is 10.2 Å². The Morgan fingerprint density at radius 2 is 1.79 bits per heavy atom. The molecule has 1 atom stereocenters. The molecule has 29 heavy (non-hydrogen) atoms. The Balaban J connectivity index is 1.63. The fraction of sp³-hybridized carbons (Fsp3) is 0.0909. The molecule has 0 aromatic carbocycles. The molecule has 0 aliphatic rings. The number of pyridine rings is 3. The second kappa shape index (κ2) is 7.93. The molecule has 0 saturated carbocycles. The van der Waals surface area contributed by atoms with Crippen LogP contribution in [0.25, 0.3) is 22.5 Å². The molecule has 4 heterocycles. The van der Waals surface area contributed by atoms with E-state index < -0.39 is 11.8 Å². The first kappa shape index (κ1) is 18.4. The summed E-state index contributed by atoms with van der Waals surface area (Å²) in [5.74, 6) is -1.18. The van der Waals surface area contributed by atoms with Crippen LogP contribution >= 0.6 is 0 Å². The summed E-state index contributed by atoms with van der Waals surface area (Å²) in [6.45, 7) is 1.93. The minimum absolute atomic E-state index is 0.487. The van der Waals surface area contributed by atoms with E-state index in [1.807, 2.05) is 43.3 Å². The van der Waals surface area contributed by atoms with Gasteiger partial charge < -0.3 is 5.73 Å². The number of carbonyl (C=O) groups excluding carboxylic acids is 1. The van der Waals surface area contributed by atoms with Crippen molar-refractivity contribution >= 4 is 5.91 Å². The van der Waals surface area contributed by atoms with E-state index in [0.29, 0.717) is 17.0 Å². The Kier molecular flexibility index (Phi) is 5.03. The van der Waals surface area contributed by atoms with E-state index in [9.17, 15) is 4.79 Å². The lowest BCUT2D eigenvalue weighted by Crippen LogP contribution is -2.23. The maximum absolute atomic E-state index is 12.2. The number of hydrogen-bond donors (Lipinski definition) is 1. The maximum atomic E-state index is 12.2. The van der Waals surface area contributed by atoms with Gasteiger partial charge in [-0.15, -0.1) is 0 Å². The van der Waals surface area contributed by atoms with Crippen LogP contribution in [0.15, 0.2) is 73.3 Å². The zero-order valence-corrected chi connectivity index (χ0v) is 15.7. The monoisotopic (exact) mass is 382 g/mol. The molecule has 0 spiro atoms. The first-order chi connectivity index (χ1) is 14.1. The molecule has 0 aliphatic heterocycles. The Bertz CT molecular complexity index is 1130. The molecule has 4 rings (SSSR count). The average molecular weight is 382 g/mol. The number of aromatic nitrogens is 5. The molecule has 0 radical (unpaired) electrons. The van der Waals surface area contributed by atoms with Crippen molar-refractivity contribution in [3.8, 4) is 22.5 Å². The molecule has 4 aromatic rings. The highest BCUT2D eigenvalue weighted by atomic mass is 16.1. The normalized spacial score (nSPS) is 11.8. The summed E-state index contributed by atoms with van der Waals surface area (Å²) >= 11 is 0. The molecule has 1 amide bonds. The van der Waals surface area contributed by atoms with Crippen molar-refractivity contribution in [1.29, 1.82) is 0 Å². The number of nitrogens with two attached hydrogens (primary N) is 1. The predicted molar refractivity (Wildman–Crippen MR) is 109 cm³/mol. The Morgan fingerprint density at radius 3 is 2.41 bits per heavy atom. The summed E-state index contributed by atoms with van der Waals surface area (Å²) in [4.78, 5) is 25.3. The fourth-order valence-corrected chi connectivity index (χ4v) is 3.12. The summed E-state index contributed by atoms with van der Waals surface area (Å²) in [7, 11) is 0. The van der Waals surface area contributed by atoms with Gasteiger partial charge in [0.15, 0.2) is 0 Å². The molecular weight excluding hydrogens is 364 g/mol. The Morgan fingerprint density at radius 1 is 0.897 bits per heavy atom. The van der Waals surface area contributed by atoms with Crippen LogP contribution in [0.1, 0.15) is 22.9 Å². The zero-order valence-electron chi connectivity index (χ0n) is 15.7. The molecule has 142 valence electrons. The summed E-state index contributed by atoms with van der Waals surface area (Å²) < 4.78 is 0. The van der Waals surface area contributed by atoms with Crippen molar-refractivity contribution in [3.63, 3.8) is 0 Å². The summed E-state index contributed by atoms with van der Waals surface area (Å²) in [5.41, 5.74) is 11.1. The second-order valence-corrected chi connectivity index (χ2v) is 6.58. The van der Waals surface area contributed by atoms with E-state index >= 15 is 0 Å². The molecule has 7 nitrogen and oxygen atoms in total. The van der Waals surface area contributed by atoms with Gasteiger partial charge >= 0.3 is 0 Å². The van der Waals surface area contributed by atoms with Gasteiger partial charge in [-0.3, -0.25) is 19.7 Å². The topological polar surface area (TPSA) is 108 Å². The maximum Gasteiger partial charge on any atom is 0.231 e. The number of amides is 1. The quantitative estimate of drug-likeness (QED) is 0.569. The standard InChI is InChI=1S/C22H18N6O/c1-14-11-15(8-10-24-14)18-6-5-17(13-25-18)21(22(23)29)20-7-4-16(12-26-20)19-3-2-9-27-28-19/h2-13,21H,1H3,(H2,23,29). The minimum atomic E-state index is -0.688. The number of nitrogens with zero attached hydrogens (tertiary/aromatic N) is 5. The predicted octanol–water partition coefficient (Wildman–Crippen LogP) is 2.92. The van der Waals surface area contributed by atoms with Crippen LogP contribution in [0.2, 0.25) is 0 Å². The van der Waals surface area contributed by atoms with Crippen LogP contribution in [0.4, 0.5) is 0 Å². The third-order valence-electron chi connectivity index (χ3n) is 4.55. The smallest absolute Gasteiger partial charge is 0.231 e. The molecule has 1 unspecified atom stereocenters. The Hall–Kier alpha value is -4.00. The van der Waals surface area contributed by atoms with Gasteiger partial charge in [0, 0.05) is 41.6 Å². The van der Waals surface area contributed by atoms with Crippen molar-refractivity contribution in [3.05, 3.63) is 90.3 Å². The van der Waals surface area contributed by atoms with Crippen LogP contribution in [0, 0.1) is 6.92 Å². The minimum Gasteiger partial charge on any atom is -0.369 e. The van der Waals surface area contributed by atoms with E-state index in [4.69, 9.17) is 5.73 Å². The molecule has 0 saturated heterocycles. The van der Waals surface area contributed by atoms with Crippen LogP contribution in [0.3, 0.4) is 0 Å². The number of aryl methyl sites for hydroxylation is 1. The van der Waals surface area contributed by atoms with Gasteiger partial charge in [-0.1, -0.05) is 6.07 Å². The van der Waals surface area contributed by atoms with E-state index in [1.165, 1.54) is 0 Å². The highest BCUT2D eigenvalue weighted by Crippen LogP contribution is 2.26. The third-order valence-corrected chi connectivity index (χ3v) is 4.55. The lowest BCUT2D eigenvalue weighted by Gasteiger charge is -2.14. The van der Waals surface area contributed by atoms with Gasteiger partial charge in [0.05, 0.1) is 17.1 Å². The second-order valence-electron chi connectivity index (χ2n) is 6.58. The van der Waals surface area contributed by atoms with E-state index in [1.54, 1.807) is 36.9 Å². The van der Waals surface area contributed by atoms with Crippen molar-refractivity contribution in [2.24, 2.45) is 5.73 Å². The van der Waals surface area contributed by atoms with E-state index in [-0.39, 0.29) is 0 Å². The van der Waals surface area contributed by atoms with Crippen LogP contribution in [-0.2, 0) is 4.79 Å². The largest absolute Gasteiger partial charge is 0.369 e. The molecule has 4 aromatic heterocycles. The van der Waals surface area contributed by atoms with Gasteiger partial charge in [-0.05, 0) is 55.0 Å². The van der Waals surface area contributed by atoms with E-state index in [0.717, 1.165) is 22.5 Å². The van der Waals surface area contributed by atoms with Crippen molar-refractivity contribution in [1.82, 2.24) is 25.1 Å². The first-order valence-electron chi connectivity index (χ1n) is 9.04. The fourth-order valence-electron chi connectivity index (χ4n) is 3.12. The first-order valence-corrected chi connectivity index (χ1v) is 9.04. The molecule has 0 aliphatic carbocycles. The number of rotatable bonds is 5. The highest BCUT2D eigenvalue weighted by molar-refractivity contribution is 5.85. The molecular formula is C22H18N6O. The molecule has 0 bridgehead atoms. The average Bonchev–Trinajstić information content (AvgIpc) is 2.75. The van der Waals surface area contributed by atoms with Crippen molar-refractivity contribution in [2.45, 2.75) is 12.8 Å². The SMILES string of the molecule is Cc1cc(-c2ccc(C(C(N)=O)c3ccc(-c4cccnn4)cn3)cn2)ccn1. The lowest BCUT2D eigenvalue weighted by molar-refractivity contribution is -0.118. The highest BCUT2D eigenvalue weighted by Gasteiger charge is 2.22. The van der Waals surface area contributed by atoms with Crippen LogP contribution in [-0.4, -0.2) is 31.1 Å². The van der Waals surface area contributed by atoms with Gasteiger partial charge in [0.1, 0.15) is 5.92 Å². The number of carbonyl (C=O) groups is 1. The molecule has 7 heteroatoms. The Labute approximate surface area is 167 Å². The number of primary amides is 1. The summed E-state index contributed by atoms with van der Waals surface area (Å²) in [5, 5.41) is 7.93. The van der Waals surface area contributed by atoms with E-state index in [2.05, 4.69) is 25.1 Å². The van der Waals surface area contributed by atoms with Gasteiger partial charge in [0.2, 0.25) is 5.91 Å². The molecule has 0 fully saturated rings. The number of hydrogen-bond acceptors (Lipinski definition) is 6. The lowest BCUT2D eigenvalue weighted by atomic mass is 9.95. The van der Waals surface area contributed by atoms with Crippen LogP contribution in [0.5, 0.6) is 0 Å². The van der Waals surface area contributed by atoms with Gasteiger partial charge in [0.25, 0.3) is 0 Å². The zero-order chi connectivity index (χ0) is 20.2. The van der Waals surface area contributed by atoms with Crippen molar-refractivity contribution < 1.29 is 4.79 Å². The summed E-state index contributed by atoms with van der Waals surface area (Å²) in [6, 6.07) is 14.9. The van der Waals surface area contributed by atoms with Gasteiger partial charge in [-0.25, -0.2) is 0 Å².